The van der Waals surface area contributed by atoms with Crippen molar-refractivity contribution in [2.75, 3.05) is 6.54 Å². The van der Waals surface area contributed by atoms with Crippen LogP contribution in [-0.4, -0.2) is 23.2 Å². The number of carbonyl (C=O) groups is 1. The van der Waals surface area contributed by atoms with Crippen molar-refractivity contribution in [2.45, 2.75) is 32.3 Å². The first-order valence-corrected chi connectivity index (χ1v) is 6.57. The van der Waals surface area contributed by atoms with Gasteiger partial charge in [0.15, 0.2) is 0 Å². The molecule has 100 valence electrons. The average Bonchev–Trinajstić information content (AvgIpc) is 2.30. The minimum atomic E-state index is -0.907. The molecule has 0 aromatic heterocycles. The fourth-order valence-corrected chi connectivity index (χ4v) is 2.06. The Labute approximate surface area is 117 Å². The molecule has 1 aromatic carbocycles. The number of carbonyl (C=O) groups excluding carboxylic acids is 1. The van der Waals surface area contributed by atoms with E-state index in [-0.39, 0.29) is 17.5 Å². The highest BCUT2D eigenvalue weighted by Crippen LogP contribution is 2.25. The smallest absolute Gasteiger partial charge is 0.252 e. The van der Waals surface area contributed by atoms with E-state index in [0.29, 0.717) is 17.0 Å². The predicted molar refractivity (Wildman–Crippen MR) is 74.3 cm³/mol. The van der Waals surface area contributed by atoms with E-state index >= 15 is 0 Å². The van der Waals surface area contributed by atoms with Gasteiger partial charge in [0, 0.05) is 6.54 Å². The van der Waals surface area contributed by atoms with E-state index in [1.165, 1.54) is 0 Å². The maximum Gasteiger partial charge on any atom is 0.252 e. The Morgan fingerprint density at radius 3 is 2.72 bits per heavy atom. The van der Waals surface area contributed by atoms with Gasteiger partial charge in [-0.25, -0.2) is 0 Å². The van der Waals surface area contributed by atoms with Gasteiger partial charge in [0.2, 0.25) is 0 Å². The van der Waals surface area contributed by atoms with Crippen molar-refractivity contribution < 1.29 is 9.90 Å². The highest BCUT2D eigenvalue weighted by molar-refractivity contribution is 6.43. The quantitative estimate of drug-likeness (QED) is 0.874. The van der Waals surface area contributed by atoms with Gasteiger partial charge in [0.1, 0.15) is 0 Å². The number of hydrogen-bond acceptors (Lipinski definition) is 2. The molecule has 18 heavy (non-hydrogen) atoms. The SMILES string of the molecule is CCCC(C)(O)CNC(=O)c1cccc(Cl)c1Cl. The number of rotatable bonds is 5. The van der Waals surface area contributed by atoms with Crippen LogP contribution in [0.5, 0.6) is 0 Å². The molecule has 0 saturated carbocycles. The fraction of sp³-hybridized carbons (Fsp3) is 0.462. The minimum absolute atomic E-state index is 0.183. The Balaban J connectivity index is 2.69. The number of hydrogen-bond donors (Lipinski definition) is 2. The molecule has 0 aliphatic rings. The highest BCUT2D eigenvalue weighted by Gasteiger charge is 2.21. The second-order valence-corrected chi connectivity index (χ2v) is 5.32. The first-order valence-electron chi connectivity index (χ1n) is 5.82. The molecule has 1 atom stereocenters. The molecule has 0 radical (unpaired) electrons. The summed E-state index contributed by atoms with van der Waals surface area (Å²) in [6, 6.07) is 4.87. The van der Waals surface area contributed by atoms with Crippen LogP contribution in [0.2, 0.25) is 10.0 Å². The number of nitrogens with one attached hydrogen (secondary N) is 1. The summed E-state index contributed by atoms with van der Waals surface area (Å²) in [5, 5.41) is 13.2. The molecule has 0 aliphatic heterocycles. The van der Waals surface area contributed by atoms with E-state index < -0.39 is 5.60 Å². The summed E-state index contributed by atoms with van der Waals surface area (Å²) in [5.74, 6) is -0.334. The van der Waals surface area contributed by atoms with E-state index in [4.69, 9.17) is 23.2 Å². The molecule has 0 heterocycles. The van der Waals surface area contributed by atoms with Crippen molar-refractivity contribution in [1.29, 1.82) is 0 Å². The number of aliphatic hydroxyl groups is 1. The normalized spacial score (nSPS) is 14.1. The molecule has 1 aromatic rings. The zero-order valence-electron chi connectivity index (χ0n) is 10.5. The van der Waals surface area contributed by atoms with Gasteiger partial charge in [-0.15, -0.1) is 0 Å². The Kier molecular flexibility index (Phi) is 5.45. The molecule has 1 unspecified atom stereocenters. The van der Waals surface area contributed by atoms with Crippen LogP contribution in [0.25, 0.3) is 0 Å². The lowest BCUT2D eigenvalue weighted by atomic mass is 10.0. The summed E-state index contributed by atoms with van der Waals surface area (Å²) in [6.07, 6.45) is 1.47. The van der Waals surface area contributed by atoms with Gasteiger partial charge in [-0.05, 0) is 25.5 Å². The maximum atomic E-state index is 11.9. The second kappa shape index (κ2) is 6.41. The van der Waals surface area contributed by atoms with Gasteiger partial charge in [-0.1, -0.05) is 42.6 Å². The molecule has 0 spiro atoms. The van der Waals surface area contributed by atoms with E-state index in [9.17, 15) is 9.90 Å². The molecular weight excluding hydrogens is 273 g/mol. The van der Waals surface area contributed by atoms with Crippen molar-refractivity contribution in [2.24, 2.45) is 0 Å². The van der Waals surface area contributed by atoms with Crippen LogP contribution >= 0.6 is 23.2 Å². The molecule has 1 rings (SSSR count). The Morgan fingerprint density at radius 2 is 2.11 bits per heavy atom. The summed E-state index contributed by atoms with van der Waals surface area (Å²) in [6.45, 7) is 3.85. The van der Waals surface area contributed by atoms with Crippen LogP contribution < -0.4 is 5.32 Å². The molecule has 0 fully saturated rings. The van der Waals surface area contributed by atoms with Crippen LogP contribution in [0.4, 0.5) is 0 Å². The van der Waals surface area contributed by atoms with Gasteiger partial charge in [-0.3, -0.25) is 4.79 Å². The summed E-state index contributed by atoms with van der Waals surface area (Å²) in [7, 11) is 0. The van der Waals surface area contributed by atoms with E-state index in [2.05, 4.69) is 5.32 Å². The lowest BCUT2D eigenvalue weighted by molar-refractivity contribution is 0.0469. The van der Waals surface area contributed by atoms with Crippen LogP contribution in [0.1, 0.15) is 37.0 Å². The highest BCUT2D eigenvalue weighted by atomic mass is 35.5. The molecule has 0 bridgehead atoms. The largest absolute Gasteiger partial charge is 0.388 e. The number of benzene rings is 1. The molecule has 3 nitrogen and oxygen atoms in total. The maximum absolute atomic E-state index is 11.9. The molecule has 0 saturated heterocycles. The monoisotopic (exact) mass is 289 g/mol. The zero-order valence-corrected chi connectivity index (χ0v) is 12.0. The van der Waals surface area contributed by atoms with Crippen molar-refractivity contribution >= 4 is 29.1 Å². The lowest BCUT2D eigenvalue weighted by Crippen LogP contribution is -2.40. The Hall–Kier alpha value is -0.770. The lowest BCUT2D eigenvalue weighted by Gasteiger charge is -2.23. The minimum Gasteiger partial charge on any atom is -0.388 e. The molecule has 5 heteroatoms. The van der Waals surface area contributed by atoms with Crippen molar-refractivity contribution in [1.82, 2.24) is 5.32 Å². The Morgan fingerprint density at radius 1 is 1.44 bits per heavy atom. The van der Waals surface area contributed by atoms with Crippen molar-refractivity contribution in [3.8, 4) is 0 Å². The van der Waals surface area contributed by atoms with Crippen LogP contribution in [0, 0.1) is 0 Å². The zero-order chi connectivity index (χ0) is 13.8. The molecular formula is C13H17Cl2NO2. The van der Waals surface area contributed by atoms with E-state index in [0.717, 1.165) is 6.42 Å². The summed E-state index contributed by atoms with van der Waals surface area (Å²) >= 11 is 11.8. The predicted octanol–water partition coefficient (Wildman–Crippen LogP) is 3.27. The van der Waals surface area contributed by atoms with Gasteiger partial charge in [-0.2, -0.15) is 0 Å². The van der Waals surface area contributed by atoms with Crippen molar-refractivity contribution in [3.05, 3.63) is 33.8 Å². The number of halogens is 2. The van der Waals surface area contributed by atoms with Crippen LogP contribution in [-0.2, 0) is 0 Å². The first kappa shape index (κ1) is 15.3. The third-order valence-electron chi connectivity index (χ3n) is 2.61. The van der Waals surface area contributed by atoms with E-state index in [1.54, 1.807) is 25.1 Å². The fourth-order valence-electron chi connectivity index (χ4n) is 1.67. The third-order valence-corrected chi connectivity index (χ3v) is 3.43. The Bertz CT molecular complexity index is 433. The van der Waals surface area contributed by atoms with Gasteiger partial charge < -0.3 is 10.4 Å². The standard InChI is InChI=1S/C13H17Cl2NO2/c1-3-7-13(2,18)8-16-12(17)9-5-4-6-10(14)11(9)15/h4-6,18H,3,7-8H2,1-2H3,(H,16,17). The summed E-state index contributed by atoms with van der Waals surface area (Å²) in [4.78, 5) is 11.9. The van der Waals surface area contributed by atoms with Crippen LogP contribution in [0.3, 0.4) is 0 Å². The molecule has 1 amide bonds. The average molecular weight is 290 g/mol. The van der Waals surface area contributed by atoms with Crippen LogP contribution in [0.15, 0.2) is 18.2 Å². The summed E-state index contributed by atoms with van der Waals surface area (Å²) in [5.41, 5.74) is -0.591. The van der Waals surface area contributed by atoms with Crippen molar-refractivity contribution in [3.63, 3.8) is 0 Å². The molecule has 0 aliphatic carbocycles. The van der Waals surface area contributed by atoms with Gasteiger partial charge in [0.05, 0.1) is 21.2 Å². The van der Waals surface area contributed by atoms with E-state index in [1.807, 2.05) is 6.92 Å². The van der Waals surface area contributed by atoms with Gasteiger partial charge >= 0.3 is 0 Å². The topological polar surface area (TPSA) is 49.3 Å². The summed E-state index contributed by atoms with van der Waals surface area (Å²) < 4.78 is 0. The first-order chi connectivity index (χ1) is 8.37. The second-order valence-electron chi connectivity index (χ2n) is 4.53. The van der Waals surface area contributed by atoms with Gasteiger partial charge in [0.25, 0.3) is 5.91 Å². The third kappa shape index (κ3) is 4.16. The molecule has 2 N–H and O–H groups in total. The number of amides is 1.